The van der Waals surface area contributed by atoms with Crippen LogP contribution in [-0.4, -0.2) is 176 Å². The van der Waals surface area contributed by atoms with Gasteiger partial charge >= 0.3 is 0 Å². The number of fused-ring (bicyclic) bond motifs is 7. The lowest BCUT2D eigenvalue weighted by Crippen LogP contribution is -2.66. The van der Waals surface area contributed by atoms with Gasteiger partial charge in [0.05, 0.1) is 38.6 Å². The first-order valence-corrected chi connectivity index (χ1v) is 22.9. The van der Waals surface area contributed by atoms with Gasteiger partial charge in [-0.1, -0.05) is 39.3 Å². The SMILES string of the molecule is CC1CCC2(OC1)OC1CC3C4CC=C5CC(OC6OC(CO)C(OC7OC(CO)C(O)C(OC8OCC(O)C(O)C8O)C7O)C(O)C6O)CCC5(C)C4CCC3(C)C1C2C. The van der Waals surface area contributed by atoms with Crippen molar-refractivity contribution in [3.8, 4) is 0 Å². The van der Waals surface area contributed by atoms with Crippen LogP contribution in [0.15, 0.2) is 11.6 Å². The van der Waals surface area contributed by atoms with E-state index in [9.17, 15) is 46.0 Å². The molecular formula is C44H70O17. The number of rotatable bonds is 8. The molecule has 3 saturated carbocycles. The van der Waals surface area contributed by atoms with Crippen molar-refractivity contribution < 1.29 is 83.9 Å². The average Bonchev–Trinajstić information content (AvgIpc) is 3.69. The van der Waals surface area contributed by atoms with Crippen molar-refractivity contribution in [3.05, 3.63) is 11.6 Å². The predicted octanol–water partition coefficient (Wildman–Crippen LogP) is -0.174. The van der Waals surface area contributed by atoms with Gasteiger partial charge in [-0.2, -0.15) is 0 Å². The van der Waals surface area contributed by atoms with E-state index >= 15 is 0 Å². The molecule has 9 aliphatic rings. The van der Waals surface area contributed by atoms with Gasteiger partial charge in [-0.3, -0.25) is 0 Å². The summed E-state index contributed by atoms with van der Waals surface area (Å²) in [5.41, 5.74) is 1.59. The van der Waals surface area contributed by atoms with E-state index < -0.39 is 112 Å². The first-order valence-electron chi connectivity index (χ1n) is 22.9. The molecule has 61 heavy (non-hydrogen) atoms. The van der Waals surface area contributed by atoms with Crippen molar-refractivity contribution in [2.75, 3.05) is 26.4 Å². The van der Waals surface area contributed by atoms with E-state index in [2.05, 4.69) is 33.8 Å². The highest BCUT2D eigenvalue weighted by Gasteiger charge is 2.69. The zero-order valence-corrected chi connectivity index (χ0v) is 35.8. The largest absolute Gasteiger partial charge is 0.394 e. The quantitative estimate of drug-likeness (QED) is 0.144. The fourth-order valence-electron chi connectivity index (χ4n) is 13.8. The van der Waals surface area contributed by atoms with Crippen molar-refractivity contribution in [3.63, 3.8) is 0 Å². The molecule has 4 aliphatic carbocycles. The number of aliphatic hydroxyl groups excluding tert-OH is 9. The van der Waals surface area contributed by atoms with Crippen LogP contribution >= 0.6 is 0 Å². The van der Waals surface area contributed by atoms with E-state index in [1.165, 1.54) is 18.4 Å². The Labute approximate surface area is 357 Å². The molecule has 17 heteroatoms. The van der Waals surface area contributed by atoms with Crippen molar-refractivity contribution in [1.82, 2.24) is 0 Å². The molecule has 348 valence electrons. The van der Waals surface area contributed by atoms with E-state index in [1.54, 1.807) is 0 Å². The maximum atomic E-state index is 11.4. The monoisotopic (exact) mass is 870 g/mol. The van der Waals surface area contributed by atoms with Crippen molar-refractivity contribution in [1.29, 1.82) is 0 Å². The van der Waals surface area contributed by atoms with E-state index in [0.717, 1.165) is 45.1 Å². The first-order chi connectivity index (χ1) is 29.0. The number of hydrogen-bond donors (Lipinski definition) is 9. The molecule has 1 spiro atoms. The molecule has 5 aliphatic heterocycles. The van der Waals surface area contributed by atoms with Gasteiger partial charge in [0.15, 0.2) is 24.7 Å². The smallest absolute Gasteiger partial charge is 0.187 e. The number of allylic oxidation sites excluding steroid dienone is 1. The van der Waals surface area contributed by atoms with Gasteiger partial charge in [-0.25, -0.2) is 0 Å². The Kier molecular flexibility index (Phi) is 12.6. The second kappa shape index (κ2) is 17.0. The standard InChI is InChI=1S/C44H70O17/c1-19-7-12-44(55-17-19)20(2)30-27(61-44)14-25-23-6-5-21-13-22(8-10-42(21,3)24(23)9-11-43(25,30)4)56-40-35(52)33(50)37(29(16-46)58-40)59-41-36(53)38(32(49)28(15-45)57-41)60-39-34(51)31(48)26(47)18-54-39/h5,19-20,22-41,45-53H,6-18H2,1-4H3. The Balaban J connectivity index is 0.831. The lowest BCUT2D eigenvalue weighted by atomic mass is 9.47. The van der Waals surface area contributed by atoms with Crippen LogP contribution in [0.2, 0.25) is 0 Å². The highest BCUT2D eigenvalue weighted by Crippen LogP contribution is 2.70. The number of hydrogen-bond acceptors (Lipinski definition) is 17. The molecular weight excluding hydrogens is 800 g/mol. The molecule has 25 unspecified atom stereocenters. The summed E-state index contributed by atoms with van der Waals surface area (Å²) in [5, 5.41) is 95.6. The summed E-state index contributed by atoms with van der Waals surface area (Å²) in [6.07, 6.45) is -10.7. The lowest BCUT2D eigenvalue weighted by molar-refractivity contribution is -0.377. The minimum Gasteiger partial charge on any atom is -0.394 e. The van der Waals surface area contributed by atoms with Crippen LogP contribution in [-0.2, 0) is 37.9 Å². The van der Waals surface area contributed by atoms with Gasteiger partial charge in [0.1, 0.15) is 67.1 Å². The van der Waals surface area contributed by atoms with Crippen LogP contribution in [0.5, 0.6) is 0 Å². The molecule has 0 radical (unpaired) electrons. The van der Waals surface area contributed by atoms with Crippen molar-refractivity contribution in [2.24, 2.45) is 46.3 Å². The normalized spacial score (nSPS) is 57.2. The third-order valence-corrected chi connectivity index (χ3v) is 17.3. The maximum absolute atomic E-state index is 11.4. The number of ether oxygens (including phenoxy) is 8. The lowest BCUT2D eigenvalue weighted by Gasteiger charge is -2.58. The maximum Gasteiger partial charge on any atom is 0.187 e. The Morgan fingerprint density at radius 3 is 2.13 bits per heavy atom. The number of aliphatic hydroxyl groups is 9. The average molecular weight is 871 g/mol. The van der Waals surface area contributed by atoms with Crippen LogP contribution in [0.4, 0.5) is 0 Å². The topological polar surface area (TPSA) is 256 Å². The third kappa shape index (κ3) is 7.51. The van der Waals surface area contributed by atoms with Gasteiger partial charge in [0, 0.05) is 12.3 Å². The van der Waals surface area contributed by atoms with Crippen LogP contribution in [0.25, 0.3) is 0 Å². The Morgan fingerprint density at radius 1 is 0.705 bits per heavy atom. The first kappa shape index (κ1) is 45.2. The Hall–Kier alpha value is -0.940. The van der Waals surface area contributed by atoms with Crippen LogP contribution in [0, 0.1) is 46.3 Å². The van der Waals surface area contributed by atoms with Crippen LogP contribution in [0.3, 0.4) is 0 Å². The minimum absolute atomic E-state index is 0.0148. The molecule has 0 bridgehead atoms. The molecule has 0 aromatic heterocycles. The zero-order chi connectivity index (χ0) is 43.3. The third-order valence-electron chi connectivity index (χ3n) is 17.3. The molecule has 25 atom stereocenters. The van der Waals surface area contributed by atoms with Crippen LogP contribution < -0.4 is 0 Å². The molecule has 17 nitrogen and oxygen atoms in total. The summed E-state index contributed by atoms with van der Waals surface area (Å²) in [6, 6.07) is 0. The summed E-state index contributed by atoms with van der Waals surface area (Å²) in [6.45, 7) is 8.56. The summed E-state index contributed by atoms with van der Waals surface area (Å²) in [7, 11) is 0. The summed E-state index contributed by atoms with van der Waals surface area (Å²) < 4.78 is 48.4. The molecule has 5 saturated heterocycles. The highest BCUT2D eigenvalue weighted by atomic mass is 16.8. The second-order valence-corrected chi connectivity index (χ2v) is 20.6. The van der Waals surface area contributed by atoms with Crippen LogP contribution in [0.1, 0.15) is 85.5 Å². The summed E-state index contributed by atoms with van der Waals surface area (Å²) >= 11 is 0. The molecule has 8 fully saturated rings. The molecule has 0 aromatic carbocycles. The fourth-order valence-corrected chi connectivity index (χ4v) is 13.8. The molecule has 5 heterocycles. The van der Waals surface area contributed by atoms with Gasteiger partial charge < -0.3 is 83.9 Å². The summed E-state index contributed by atoms with van der Waals surface area (Å²) in [5.74, 6) is 2.73. The van der Waals surface area contributed by atoms with Gasteiger partial charge in [-0.15, -0.1) is 0 Å². The van der Waals surface area contributed by atoms with Crippen molar-refractivity contribution in [2.45, 2.75) is 189 Å². The second-order valence-electron chi connectivity index (χ2n) is 20.6. The van der Waals surface area contributed by atoms with Gasteiger partial charge in [0.2, 0.25) is 0 Å². The minimum atomic E-state index is -1.83. The van der Waals surface area contributed by atoms with E-state index in [1.807, 2.05) is 0 Å². The van der Waals surface area contributed by atoms with E-state index in [4.69, 9.17) is 37.9 Å². The molecule has 9 rings (SSSR count). The summed E-state index contributed by atoms with van der Waals surface area (Å²) in [4.78, 5) is 0. The highest BCUT2D eigenvalue weighted by molar-refractivity contribution is 5.26. The molecule has 9 N–H and O–H groups in total. The fraction of sp³-hybridized carbons (Fsp3) is 0.955. The zero-order valence-electron chi connectivity index (χ0n) is 35.8. The van der Waals surface area contributed by atoms with Gasteiger partial charge in [-0.05, 0) is 91.8 Å². The molecule has 0 aromatic rings. The van der Waals surface area contributed by atoms with Gasteiger partial charge in [0.25, 0.3) is 0 Å². The van der Waals surface area contributed by atoms with E-state index in [0.29, 0.717) is 41.9 Å². The predicted molar refractivity (Wildman–Crippen MR) is 210 cm³/mol. The Bertz CT molecular complexity index is 1580. The van der Waals surface area contributed by atoms with E-state index in [-0.39, 0.29) is 23.0 Å². The molecule has 0 amide bonds. The van der Waals surface area contributed by atoms with Crippen molar-refractivity contribution >= 4 is 0 Å². The Morgan fingerprint density at radius 2 is 1.41 bits per heavy atom.